The first-order valence-corrected chi connectivity index (χ1v) is 4.73. The molecule has 0 spiro atoms. The summed E-state index contributed by atoms with van der Waals surface area (Å²) in [5.74, 6) is -0.123. The van der Waals surface area contributed by atoms with Crippen LogP contribution in [-0.4, -0.2) is 7.11 Å². The third kappa shape index (κ3) is 2.88. The summed E-state index contributed by atoms with van der Waals surface area (Å²) in [6.45, 7) is 1.93. The predicted octanol–water partition coefficient (Wildman–Crippen LogP) is 3.67. The quantitative estimate of drug-likeness (QED) is 0.752. The second kappa shape index (κ2) is 4.55. The Balaban J connectivity index is 3.13. The number of ether oxygens (including phenoxy) is 1. The smallest absolute Gasteiger partial charge is 0.419 e. The zero-order valence-corrected chi connectivity index (χ0v) is 8.69. The fourth-order valence-corrected chi connectivity index (χ4v) is 1.42. The first-order valence-electron chi connectivity index (χ1n) is 4.73. The Bertz CT molecular complexity index is 331. The van der Waals surface area contributed by atoms with Gasteiger partial charge in [-0.05, 0) is 24.1 Å². The molecule has 1 aromatic rings. The Kier molecular flexibility index (Phi) is 3.61. The van der Waals surface area contributed by atoms with E-state index in [2.05, 4.69) is 4.74 Å². The lowest BCUT2D eigenvalue weighted by atomic mass is 10.1. The van der Waals surface area contributed by atoms with Gasteiger partial charge in [0.05, 0.1) is 12.7 Å². The molecule has 0 unspecified atom stereocenters. The standard InChI is InChI=1S/C11H13F3O/c1-3-4-8-5-6-10(15-2)9(7-8)11(12,13)14/h5-7H,3-4H2,1-2H3. The highest BCUT2D eigenvalue weighted by Crippen LogP contribution is 2.36. The number of benzene rings is 1. The molecular formula is C11H13F3O. The highest BCUT2D eigenvalue weighted by atomic mass is 19.4. The number of hydrogen-bond donors (Lipinski definition) is 0. The lowest BCUT2D eigenvalue weighted by molar-refractivity contribution is -0.138. The van der Waals surface area contributed by atoms with E-state index in [1.165, 1.54) is 13.2 Å². The molecule has 0 radical (unpaired) electrons. The van der Waals surface area contributed by atoms with Crippen molar-refractivity contribution in [1.29, 1.82) is 0 Å². The number of halogens is 3. The first kappa shape index (κ1) is 11.9. The summed E-state index contributed by atoms with van der Waals surface area (Å²) in [6, 6.07) is 4.19. The Labute approximate surface area is 86.9 Å². The molecule has 0 amide bonds. The topological polar surface area (TPSA) is 9.23 Å². The van der Waals surface area contributed by atoms with Gasteiger partial charge in [-0.1, -0.05) is 19.4 Å². The van der Waals surface area contributed by atoms with Gasteiger partial charge >= 0.3 is 6.18 Å². The second-order valence-corrected chi connectivity index (χ2v) is 3.28. The molecule has 0 N–H and O–H groups in total. The molecule has 0 aromatic heterocycles. The summed E-state index contributed by atoms with van der Waals surface area (Å²) in [5.41, 5.74) is -0.0124. The van der Waals surface area contributed by atoms with E-state index in [4.69, 9.17) is 0 Å². The summed E-state index contributed by atoms with van der Waals surface area (Å²) in [7, 11) is 1.24. The van der Waals surface area contributed by atoms with E-state index in [0.717, 1.165) is 12.5 Å². The molecule has 0 aliphatic carbocycles. The van der Waals surface area contributed by atoms with E-state index in [9.17, 15) is 13.2 Å². The minimum Gasteiger partial charge on any atom is -0.496 e. The summed E-state index contributed by atoms with van der Waals surface area (Å²) in [4.78, 5) is 0. The van der Waals surface area contributed by atoms with Gasteiger partial charge in [0.2, 0.25) is 0 Å². The van der Waals surface area contributed by atoms with Crippen molar-refractivity contribution in [3.05, 3.63) is 29.3 Å². The van der Waals surface area contributed by atoms with Crippen LogP contribution in [0.1, 0.15) is 24.5 Å². The molecule has 0 heterocycles. The number of rotatable bonds is 3. The van der Waals surface area contributed by atoms with E-state index in [1.54, 1.807) is 6.07 Å². The van der Waals surface area contributed by atoms with Crippen LogP contribution in [0.4, 0.5) is 13.2 Å². The third-order valence-corrected chi connectivity index (χ3v) is 2.11. The van der Waals surface area contributed by atoms with Gasteiger partial charge < -0.3 is 4.74 Å². The van der Waals surface area contributed by atoms with Gasteiger partial charge in [0.1, 0.15) is 5.75 Å². The SMILES string of the molecule is CCCc1ccc(OC)c(C(F)(F)F)c1. The molecule has 1 rings (SSSR count). The molecule has 4 heteroatoms. The average Bonchev–Trinajstić information content (AvgIpc) is 2.17. The minimum absolute atomic E-state index is 0.123. The van der Waals surface area contributed by atoms with Crippen LogP contribution < -0.4 is 4.74 Å². The molecule has 0 fully saturated rings. The van der Waals surface area contributed by atoms with Crippen LogP contribution in [0.25, 0.3) is 0 Å². The van der Waals surface area contributed by atoms with Crippen LogP contribution in [0, 0.1) is 0 Å². The fraction of sp³-hybridized carbons (Fsp3) is 0.455. The molecule has 1 nitrogen and oxygen atoms in total. The van der Waals surface area contributed by atoms with Gasteiger partial charge in [-0.25, -0.2) is 0 Å². The van der Waals surface area contributed by atoms with Crippen LogP contribution in [0.3, 0.4) is 0 Å². The molecule has 0 aliphatic rings. The van der Waals surface area contributed by atoms with Crippen molar-refractivity contribution in [2.75, 3.05) is 7.11 Å². The maximum atomic E-state index is 12.6. The number of hydrogen-bond acceptors (Lipinski definition) is 1. The zero-order valence-electron chi connectivity index (χ0n) is 8.69. The van der Waals surface area contributed by atoms with Gasteiger partial charge in [-0.15, -0.1) is 0 Å². The molecule has 0 atom stereocenters. The van der Waals surface area contributed by atoms with Gasteiger partial charge in [0.25, 0.3) is 0 Å². The number of aryl methyl sites for hydroxylation is 1. The lowest BCUT2D eigenvalue weighted by Crippen LogP contribution is -2.08. The highest BCUT2D eigenvalue weighted by Gasteiger charge is 2.34. The maximum absolute atomic E-state index is 12.6. The molecule has 0 bridgehead atoms. The Hall–Kier alpha value is -1.19. The van der Waals surface area contributed by atoms with E-state index >= 15 is 0 Å². The maximum Gasteiger partial charge on any atom is 0.419 e. The van der Waals surface area contributed by atoms with Gasteiger partial charge in [-0.3, -0.25) is 0 Å². The van der Waals surface area contributed by atoms with Crippen molar-refractivity contribution in [2.45, 2.75) is 25.9 Å². The average molecular weight is 218 g/mol. The van der Waals surface area contributed by atoms with E-state index in [-0.39, 0.29) is 5.75 Å². The van der Waals surface area contributed by atoms with Crippen molar-refractivity contribution in [2.24, 2.45) is 0 Å². The van der Waals surface area contributed by atoms with Crippen LogP contribution in [0.15, 0.2) is 18.2 Å². The molecule has 1 aromatic carbocycles. The van der Waals surface area contributed by atoms with Gasteiger partial charge in [-0.2, -0.15) is 13.2 Å². The van der Waals surface area contributed by atoms with E-state index < -0.39 is 11.7 Å². The van der Waals surface area contributed by atoms with Crippen LogP contribution in [0.5, 0.6) is 5.75 Å². The first-order chi connectivity index (χ1) is 6.99. The van der Waals surface area contributed by atoms with Crippen molar-refractivity contribution in [1.82, 2.24) is 0 Å². The second-order valence-electron chi connectivity index (χ2n) is 3.28. The van der Waals surface area contributed by atoms with Crippen LogP contribution in [0.2, 0.25) is 0 Å². The summed E-state index contributed by atoms with van der Waals surface area (Å²) in [6.07, 6.45) is -2.88. The Morgan fingerprint density at radius 1 is 1.27 bits per heavy atom. The third-order valence-electron chi connectivity index (χ3n) is 2.11. The molecule has 84 valence electrons. The minimum atomic E-state index is -4.35. The highest BCUT2D eigenvalue weighted by molar-refractivity contribution is 5.39. The van der Waals surface area contributed by atoms with E-state index in [0.29, 0.717) is 12.0 Å². The monoisotopic (exact) mass is 218 g/mol. The van der Waals surface area contributed by atoms with Crippen LogP contribution in [-0.2, 0) is 12.6 Å². The largest absolute Gasteiger partial charge is 0.496 e. The predicted molar refractivity (Wildman–Crippen MR) is 52.0 cm³/mol. The van der Waals surface area contributed by atoms with Gasteiger partial charge in [0.15, 0.2) is 0 Å². The van der Waals surface area contributed by atoms with Crippen molar-refractivity contribution in [3.8, 4) is 5.75 Å². The molecule has 0 saturated carbocycles. The molecule has 0 saturated heterocycles. The number of methoxy groups -OCH3 is 1. The Morgan fingerprint density at radius 3 is 2.40 bits per heavy atom. The Morgan fingerprint density at radius 2 is 1.93 bits per heavy atom. The van der Waals surface area contributed by atoms with Crippen molar-refractivity contribution < 1.29 is 17.9 Å². The molecule has 0 aliphatic heterocycles. The zero-order chi connectivity index (χ0) is 11.5. The summed E-state index contributed by atoms with van der Waals surface area (Å²) in [5, 5.41) is 0. The van der Waals surface area contributed by atoms with Crippen molar-refractivity contribution in [3.63, 3.8) is 0 Å². The molecular weight excluding hydrogens is 205 g/mol. The normalized spacial score (nSPS) is 11.5. The fourth-order valence-electron chi connectivity index (χ4n) is 1.42. The summed E-state index contributed by atoms with van der Waals surface area (Å²) >= 11 is 0. The lowest BCUT2D eigenvalue weighted by Gasteiger charge is -2.13. The number of alkyl halides is 3. The molecule has 15 heavy (non-hydrogen) atoms. The van der Waals surface area contributed by atoms with Crippen molar-refractivity contribution >= 4 is 0 Å². The summed E-state index contributed by atoms with van der Waals surface area (Å²) < 4.78 is 42.4. The van der Waals surface area contributed by atoms with E-state index in [1.807, 2.05) is 6.92 Å². The van der Waals surface area contributed by atoms with Gasteiger partial charge in [0, 0.05) is 0 Å². The van der Waals surface area contributed by atoms with Crippen LogP contribution >= 0.6 is 0 Å².